The van der Waals surface area contributed by atoms with Crippen LogP contribution in [0.2, 0.25) is 15.1 Å². The Labute approximate surface area is 217 Å². The van der Waals surface area contributed by atoms with Crippen LogP contribution < -0.4 is 5.56 Å². The van der Waals surface area contributed by atoms with Crippen molar-refractivity contribution in [1.82, 2.24) is 24.6 Å². The van der Waals surface area contributed by atoms with Crippen LogP contribution in [-0.4, -0.2) is 51.1 Å². The summed E-state index contributed by atoms with van der Waals surface area (Å²) in [4.78, 5) is 35.3. The molecule has 4 aromatic rings. The van der Waals surface area contributed by atoms with E-state index in [0.29, 0.717) is 68.3 Å². The number of carbonyl (C=O) groups is 1. The van der Waals surface area contributed by atoms with Gasteiger partial charge in [0.25, 0.3) is 5.56 Å². The summed E-state index contributed by atoms with van der Waals surface area (Å²) in [5.41, 5.74) is 3.43. The highest BCUT2D eigenvalue weighted by molar-refractivity contribution is 6.40. The molecule has 0 saturated carbocycles. The maximum atomic E-state index is 13.1. The van der Waals surface area contributed by atoms with Gasteiger partial charge in [-0.2, -0.15) is 5.10 Å². The average molecular weight is 533 g/mol. The number of nitrogens with zero attached hydrogens (tertiary/aromatic N) is 4. The van der Waals surface area contributed by atoms with Crippen LogP contribution >= 0.6 is 34.8 Å². The molecule has 0 spiro atoms. The molecule has 0 unspecified atom stereocenters. The minimum atomic E-state index is -0.299. The molecule has 0 aliphatic heterocycles. The number of nitrogens with one attached hydrogen (secondary N) is 1. The number of halogens is 3. The third-order valence-electron chi connectivity index (χ3n) is 5.75. The second-order valence-electron chi connectivity index (χ2n) is 8.57. The van der Waals surface area contributed by atoms with Crippen molar-refractivity contribution in [3.63, 3.8) is 0 Å². The SMILES string of the molecule is CCc1nn(-c2c(Cl)cc(Cl)cc2Cl)c2nc(Cc3cccc(C(=O)CN(C)C)c3C)[nH]c(=O)c12. The zero-order valence-corrected chi connectivity index (χ0v) is 22.0. The van der Waals surface area contributed by atoms with Crippen LogP contribution in [-0.2, 0) is 12.8 Å². The monoisotopic (exact) mass is 531 g/mol. The first kappa shape index (κ1) is 25.4. The first-order chi connectivity index (χ1) is 16.6. The van der Waals surface area contributed by atoms with Crippen LogP contribution in [0.4, 0.5) is 0 Å². The number of aryl methyl sites for hydroxylation is 1. The number of carbonyl (C=O) groups excluding carboxylic acids is 1. The Kier molecular flexibility index (Phi) is 7.33. The van der Waals surface area contributed by atoms with E-state index >= 15 is 0 Å². The summed E-state index contributed by atoms with van der Waals surface area (Å²) in [6, 6.07) is 8.72. The second-order valence-corrected chi connectivity index (χ2v) is 9.82. The van der Waals surface area contributed by atoms with Gasteiger partial charge in [0.2, 0.25) is 0 Å². The van der Waals surface area contributed by atoms with Crippen molar-refractivity contribution < 1.29 is 4.79 Å². The summed E-state index contributed by atoms with van der Waals surface area (Å²) in [6.07, 6.45) is 0.848. The van der Waals surface area contributed by atoms with Gasteiger partial charge >= 0.3 is 0 Å². The van der Waals surface area contributed by atoms with Crippen LogP contribution in [0, 0.1) is 6.92 Å². The van der Waals surface area contributed by atoms with Crippen molar-refractivity contribution in [2.75, 3.05) is 20.6 Å². The van der Waals surface area contributed by atoms with E-state index in [4.69, 9.17) is 39.8 Å². The number of benzene rings is 2. The smallest absolute Gasteiger partial charge is 0.262 e. The number of fused-ring (bicyclic) bond motifs is 1. The molecule has 1 N–H and O–H groups in total. The van der Waals surface area contributed by atoms with Crippen molar-refractivity contribution in [2.24, 2.45) is 0 Å². The summed E-state index contributed by atoms with van der Waals surface area (Å²) in [7, 11) is 3.71. The van der Waals surface area contributed by atoms with Crippen LogP contribution in [0.1, 0.15) is 39.9 Å². The molecule has 0 fully saturated rings. The Morgan fingerprint density at radius 3 is 2.46 bits per heavy atom. The Morgan fingerprint density at radius 1 is 1.14 bits per heavy atom. The quantitative estimate of drug-likeness (QED) is 0.328. The van der Waals surface area contributed by atoms with E-state index in [1.807, 2.05) is 51.0 Å². The number of hydrogen-bond acceptors (Lipinski definition) is 5. The molecule has 4 rings (SSSR count). The summed E-state index contributed by atoms with van der Waals surface area (Å²) in [5, 5.41) is 5.95. The number of H-pyrrole nitrogens is 1. The molecule has 0 amide bonds. The van der Waals surface area contributed by atoms with E-state index in [1.165, 1.54) is 4.68 Å². The molecule has 2 aromatic carbocycles. The van der Waals surface area contributed by atoms with Gasteiger partial charge in [0.15, 0.2) is 11.4 Å². The molecule has 0 saturated heterocycles. The van der Waals surface area contributed by atoms with Gasteiger partial charge in [0, 0.05) is 17.0 Å². The number of rotatable bonds is 7. The van der Waals surface area contributed by atoms with Gasteiger partial charge in [0.05, 0.1) is 22.3 Å². The number of aromatic nitrogens is 4. The van der Waals surface area contributed by atoms with Gasteiger partial charge in [-0.3, -0.25) is 9.59 Å². The molecule has 7 nitrogen and oxygen atoms in total. The molecule has 0 bridgehead atoms. The molecule has 182 valence electrons. The third kappa shape index (κ3) is 5.00. The molecule has 0 atom stereocenters. The molecule has 2 aromatic heterocycles. The highest BCUT2D eigenvalue weighted by Gasteiger charge is 2.21. The van der Waals surface area contributed by atoms with Gasteiger partial charge in [-0.25, -0.2) is 9.67 Å². The molecule has 35 heavy (non-hydrogen) atoms. The predicted molar refractivity (Wildman–Crippen MR) is 141 cm³/mol. The van der Waals surface area contributed by atoms with Gasteiger partial charge in [0.1, 0.15) is 16.9 Å². The summed E-state index contributed by atoms with van der Waals surface area (Å²) >= 11 is 19.0. The number of ketones is 1. The fourth-order valence-corrected chi connectivity index (χ4v) is 5.07. The first-order valence-electron chi connectivity index (χ1n) is 11.0. The van der Waals surface area contributed by atoms with Gasteiger partial charge in [-0.15, -0.1) is 0 Å². The minimum Gasteiger partial charge on any atom is -0.310 e. The van der Waals surface area contributed by atoms with Crippen LogP contribution in [0.15, 0.2) is 35.1 Å². The van der Waals surface area contributed by atoms with Crippen molar-refractivity contribution in [3.05, 3.63) is 84.0 Å². The molecule has 2 heterocycles. The first-order valence-corrected chi connectivity index (χ1v) is 12.2. The fourth-order valence-electron chi connectivity index (χ4n) is 4.09. The summed E-state index contributed by atoms with van der Waals surface area (Å²) < 4.78 is 1.50. The second kappa shape index (κ2) is 10.1. The van der Waals surface area contributed by atoms with Crippen molar-refractivity contribution >= 4 is 51.6 Å². The normalized spacial score (nSPS) is 11.5. The Hall–Kier alpha value is -2.71. The molecule has 0 radical (unpaired) electrons. The Morgan fingerprint density at radius 2 is 1.83 bits per heavy atom. The summed E-state index contributed by atoms with van der Waals surface area (Å²) in [5.74, 6) is 0.469. The summed E-state index contributed by atoms with van der Waals surface area (Å²) in [6.45, 7) is 4.12. The van der Waals surface area contributed by atoms with Crippen LogP contribution in [0.25, 0.3) is 16.7 Å². The maximum Gasteiger partial charge on any atom is 0.262 e. The molecule has 0 aliphatic rings. The number of aromatic amines is 1. The Balaban J connectivity index is 1.85. The average Bonchev–Trinajstić information content (AvgIpc) is 3.13. The van der Waals surface area contributed by atoms with Gasteiger partial charge < -0.3 is 9.88 Å². The highest BCUT2D eigenvalue weighted by atomic mass is 35.5. The van der Waals surface area contributed by atoms with Crippen molar-refractivity contribution in [2.45, 2.75) is 26.7 Å². The molecule has 0 aliphatic carbocycles. The number of hydrogen-bond donors (Lipinski definition) is 1. The lowest BCUT2D eigenvalue weighted by atomic mass is 9.97. The third-order valence-corrected chi connectivity index (χ3v) is 6.55. The maximum absolute atomic E-state index is 13.1. The highest BCUT2D eigenvalue weighted by Crippen LogP contribution is 2.33. The van der Waals surface area contributed by atoms with E-state index in [0.717, 1.165) is 11.1 Å². The van der Waals surface area contributed by atoms with E-state index in [2.05, 4.69) is 10.1 Å². The van der Waals surface area contributed by atoms with Crippen molar-refractivity contribution in [3.8, 4) is 5.69 Å². The zero-order chi connectivity index (χ0) is 25.4. The standard InChI is InChI=1S/C25H24Cl3N5O2/c1-5-19-22-24(33(31-19)23-17(27)10-15(26)11-18(23)28)29-21(30-25(22)35)9-14-7-6-8-16(13(14)2)20(34)12-32(3)4/h6-8,10-11H,5,9,12H2,1-4H3,(H,29,30,35). The van der Waals surface area contributed by atoms with E-state index < -0.39 is 0 Å². The fraction of sp³-hybridized carbons (Fsp3) is 0.280. The van der Waals surface area contributed by atoms with Gasteiger partial charge in [-0.1, -0.05) is 59.9 Å². The number of Topliss-reactive ketones (excluding diaryl/α,β-unsaturated/α-hetero) is 1. The lowest BCUT2D eigenvalue weighted by molar-refractivity contribution is 0.0957. The van der Waals surface area contributed by atoms with Crippen molar-refractivity contribution in [1.29, 1.82) is 0 Å². The molecular formula is C25H24Cl3N5O2. The lowest BCUT2D eigenvalue weighted by Gasteiger charge is -2.13. The van der Waals surface area contributed by atoms with E-state index in [-0.39, 0.29) is 11.3 Å². The molecular weight excluding hydrogens is 509 g/mol. The minimum absolute atomic E-state index is 0.0314. The van der Waals surface area contributed by atoms with Crippen LogP contribution in [0.5, 0.6) is 0 Å². The Bertz CT molecular complexity index is 1480. The zero-order valence-electron chi connectivity index (χ0n) is 19.7. The topological polar surface area (TPSA) is 83.9 Å². The van der Waals surface area contributed by atoms with Crippen LogP contribution in [0.3, 0.4) is 0 Å². The number of likely N-dealkylation sites (N-methyl/N-ethyl adjacent to an activating group) is 1. The predicted octanol–water partition coefficient (Wildman–Crippen LogP) is 5.27. The molecule has 10 heteroatoms. The lowest BCUT2D eigenvalue weighted by Crippen LogP contribution is -2.22. The largest absolute Gasteiger partial charge is 0.310 e. The van der Waals surface area contributed by atoms with Gasteiger partial charge in [-0.05, 0) is 50.7 Å². The van der Waals surface area contributed by atoms with E-state index in [1.54, 1.807) is 12.1 Å². The van der Waals surface area contributed by atoms with E-state index in [9.17, 15) is 9.59 Å².